The minimum atomic E-state index is -0.0503. The van der Waals surface area contributed by atoms with Crippen molar-refractivity contribution < 1.29 is 4.74 Å². The molecule has 0 amide bonds. The number of ether oxygens (including phenoxy) is 1. The molecule has 0 spiro atoms. The van der Waals surface area contributed by atoms with E-state index in [1.165, 1.54) is 6.42 Å². The summed E-state index contributed by atoms with van der Waals surface area (Å²) in [5.41, 5.74) is 1.81. The Kier molecular flexibility index (Phi) is 3.97. The maximum absolute atomic E-state index is 12.2. The van der Waals surface area contributed by atoms with Crippen molar-refractivity contribution in [3.8, 4) is 11.3 Å². The predicted molar refractivity (Wildman–Crippen MR) is 88.0 cm³/mol. The molecular weight excluding hydrogens is 290 g/mol. The Hall–Kier alpha value is -1.98. The van der Waals surface area contributed by atoms with Gasteiger partial charge in [0.05, 0.1) is 25.1 Å². The van der Waals surface area contributed by atoms with Gasteiger partial charge in [0.2, 0.25) is 0 Å². The first-order valence-corrected chi connectivity index (χ1v) is 8.30. The van der Waals surface area contributed by atoms with E-state index in [0.717, 1.165) is 37.3 Å². The molecule has 1 aliphatic carbocycles. The molecule has 2 heterocycles. The van der Waals surface area contributed by atoms with Crippen molar-refractivity contribution in [3.63, 3.8) is 0 Å². The van der Waals surface area contributed by atoms with E-state index in [9.17, 15) is 4.79 Å². The second kappa shape index (κ2) is 6.26. The van der Waals surface area contributed by atoms with E-state index < -0.39 is 0 Å². The third-order valence-electron chi connectivity index (χ3n) is 4.85. The highest BCUT2D eigenvalue weighted by Gasteiger charge is 2.36. The molecule has 23 heavy (non-hydrogen) atoms. The van der Waals surface area contributed by atoms with Crippen molar-refractivity contribution in [1.29, 1.82) is 0 Å². The summed E-state index contributed by atoms with van der Waals surface area (Å²) in [6.07, 6.45) is 3.82. The quantitative estimate of drug-likeness (QED) is 0.871. The molecule has 5 nitrogen and oxygen atoms in total. The molecule has 2 unspecified atom stereocenters. The number of hydrogen-bond acceptors (Lipinski definition) is 4. The molecule has 0 N–H and O–H groups in total. The van der Waals surface area contributed by atoms with Crippen molar-refractivity contribution in [1.82, 2.24) is 14.7 Å². The van der Waals surface area contributed by atoms with Crippen LogP contribution in [0.1, 0.15) is 19.3 Å². The Morgan fingerprint density at radius 1 is 1.13 bits per heavy atom. The molecule has 2 atom stereocenters. The van der Waals surface area contributed by atoms with Gasteiger partial charge in [0, 0.05) is 24.2 Å². The molecule has 0 radical (unpaired) electrons. The Morgan fingerprint density at radius 3 is 2.87 bits per heavy atom. The van der Waals surface area contributed by atoms with Crippen LogP contribution < -0.4 is 5.56 Å². The van der Waals surface area contributed by atoms with E-state index in [2.05, 4.69) is 10.00 Å². The van der Waals surface area contributed by atoms with Crippen LogP contribution in [0.3, 0.4) is 0 Å². The van der Waals surface area contributed by atoms with Crippen molar-refractivity contribution in [2.24, 2.45) is 0 Å². The van der Waals surface area contributed by atoms with Crippen molar-refractivity contribution >= 4 is 0 Å². The van der Waals surface area contributed by atoms with Gasteiger partial charge in [-0.2, -0.15) is 5.10 Å². The number of benzene rings is 1. The molecule has 2 aliphatic rings. The number of aromatic nitrogens is 2. The molecule has 4 rings (SSSR count). The van der Waals surface area contributed by atoms with Gasteiger partial charge in [-0.1, -0.05) is 30.3 Å². The second-order valence-corrected chi connectivity index (χ2v) is 6.28. The monoisotopic (exact) mass is 311 g/mol. The van der Waals surface area contributed by atoms with Gasteiger partial charge in [-0.15, -0.1) is 0 Å². The number of nitrogens with zero attached hydrogens (tertiary/aromatic N) is 3. The predicted octanol–water partition coefficient (Wildman–Crippen LogP) is 2.12. The second-order valence-electron chi connectivity index (χ2n) is 6.28. The van der Waals surface area contributed by atoms with Crippen LogP contribution in [-0.4, -0.2) is 40.0 Å². The van der Waals surface area contributed by atoms with E-state index in [0.29, 0.717) is 18.8 Å². The van der Waals surface area contributed by atoms with E-state index in [1.807, 2.05) is 30.3 Å². The highest BCUT2D eigenvalue weighted by atomic mass is 16.5. The van der Waals surface area contributed by atoms with E-state index >= 15 is 0 Å². The standard InChI is InChI=1S/C18H21N3O2/c22-18-10-9-15(14-5-2-1-3-6-14)19-21(18)13-20-11-12-23-17-8-4-7-16(17)20/h1-3,5-6,9-10,16-17H,4,7-8,11-13H2. The molecule has 120 valence electrons. The number of fused-ring (bicyclic) bond motifs is 1. The summed E-state index contributed by atoms with van der Waals surface area (Å²) in [7, 11) is 0. The molecule has 1 aromatic carbocycles. The highest BCUT2D eigenvalue weighted by molar-refractivity contribution is 5.57. The molecule has 1 aliphatic heterocycles. The molecule has 5 heteroatoms. The molecule has 1 aromatic heterocycles. The first kappa shape index (κ1) is 14.6. The lowest BCUT2D eigenvalue weighted by Crippen LogP contribution is -2.50. The third-order valence-corrected chi connectivity index (χ3v) is 4.85. The van der Waals surface area contributed by atoms with Gasteiger partial charge >= 0.3 is 0 Å². The van der Waals surface area contributed by atoms with Crippen LogP contribution >= 0.6 is 0 Å². The zero-order chi connectivity index (χ0) is 15.6. The van der Waals surface area contributed by atoms with Crippen LogP contribution in [0.25, 0.3) is 11.3 Å². The van der Waals surface area contributed by atoms with E-state index in [-0.39, 0.29) is 5.56 Å². The lowest BCUT2D eigenvalue weighted by molar-refractivity contribution is -0.0686. The summed E-state index contributed by atoms with van der Waals surface area (Å²) in [4.78, 5) is 14.6. The van der Waals surface area contributed by atoms with Crippen LogP contribution in [0.2, 0.25) is 0 Å². The first-order valence-electron chi connectivity index (χ1n) is 8.30. The van der Waals surface area contributed by atoms with Gasteiger partial charge in [-0.3, -0.25) is 9.69 Å². The Labute approximate surface area is 135 Å². The lowest BCUT2D eigenvalue weighted by atomic mass is 10.1. The van der Waals surface area contributed by atoms with Gasteiger partial charge in [0.25, 0.3) is 5.56 Å². The van der Waals surface area contributed by atoms with Crippen molar-refractivity contribution in [3.05, 3.63) is 52.8 Å². The molecule has 0 bridgehead atoms. The maximum atomic E-state index is 12.2. The molecule has 1 saturated heterocycles. The fourth-order valence-corrected chi connectivity index (χ4v) is 3.67. The van der Waals surface area contributed by atoms with Crippen molar-refractivity contribution in [2.45, 2.75) is 38.1 Å². The van der Waals surface area contributed by atoms with Gasteiger partial charge in [0.1, 0.15) is 0 Å². The SMILES string of the molecule is O=c1ccc(-c2ccccc2)nn1CN1CCOC2CCCC21. The summed E-state index contributed by atoms with van der Waals surface area (Å²) in [5.74, 6) is 0. The van der Waals surface area contributed by atoms with Gasteiger partial charge in [0.15, 0.2) is 0 Å². The summed E-state index contributed by atoms with van der Waals surface area (Å²) >= 11 is 0. The zero-order valence-electron chi connectivity index (χ0n) is 13.1. The lowest BCUT2D eigenvalue weighted by Gasteiger charge is -2.37. The van der Waals surface area contributed by atoms with Crippen LogP contribution in [0.4, 0.5) is 0 Å². The normalized spacial score (nSPS) is 24.5. The van der Waals surface area contributed by atoms with Crippen LogP contribution in [0.15, 0.2) is 47.3 Å². The molecular formula is C18H21N3O2. The van der Waals surface area contributed by atoms with Crippen LogP contribution in [0, 0.1) is 0 Å². The highest BCUT2D eigenvalue weighted by Crippen LogP contribution is 2.29. The van der Waals surface area contributed by atoms with E-state index in [1.54, 1.807) is 16.8 Å². The number of rotatable bonds is 3. The van der Waals surface area contributed by atoms with E-state index in [4.69, 9.17) is 4.74 Å². The molecule has 2 fully saturated rings. The van der Waals surface area contributed by atoms with Crippen molar-refractivity contribution in [2.75, 3.05) is 13.2 Å². The third kappa shape index (κ3) is 2.94. The summed E-state index contributed by atoms with van der Waals surface area (Å²) < 4.78 is 7.43. The minimum absolute atomic E-state index is 0.0503. The summed E-state index contributed by atoms with van der Waals surface area (Å²) in [6.45, 7) is 2.16. The summed E-state index contributed by atoms with van der Waals surface area (Å²) in [5, 5.41) is 4.57. The molecule has 1 saturated carbocycles. The molecule has 2 aromatic rings. The zero-order valence-corrected chi connectivity index (χ0v) is 13.1. The minimum Gasteiger partial charge on any atom is -0.375 e. The Bertz CT molecular complexity index is 729. The maximum Gasteiger partial charge on any atom is 0.268 e. The average Bonchev–Trinajstić information content (AvgIpc) is 3.07. The fraction of sp³-hybridized carbons (Fsp3) is 0.444. The average molecular weight is 311 g/mol. The number of morpholine rings is 1. The Morgan fingerprint density at radius 2 is 2.00 bits per heavy atom. The smallest absolute Gasteiger partial charge is 0.268 e. The Balaban J connectivity index is 1.60. The van der Waals surface area contributed by atoms with Crippen LogP contribution in [0.5, 0.6) is 0 Å². The van der Waals surface area contributed by atoms with Gasteiger partial charge in [-0.25, -0.2) is 4.68 Å². The van der Waals surface area contributed by atoms with Crippen LogP contribution in [-0.2, 0) is 11.4 Å². The number of hydrogen-bond donors (Lipinski definition) is 0. The van der Waals surface area contributed by atoms with Gasteiger partial charge in [-0.05, 0) is 25.3 Å². The fourth-order valence-electron chi connectivity index (χ4n) is 3.67. The van der Waals surface area contributed by atoms with Gasteiger partial charge < -0.3 is 4.74 Å². The largest absolute Gasteiger partial charge is 0.375 e. The first-order chi connectivity index (χ1) is 11.3. The topological polar surface area (TPSA) is 47.4 Å². The summed E-state index contributed by atoms with van der Waals surface area (Å²) in [6, 6.07) is 13.8.